The summed E-state index contributed by atoms with van der Waals surface area (Å²) in [7, 11) is 0. The predicted octanol–water partition coefficient (Wildman–Crippen LogP) is 7.63. The van der Waals surface area contributed by atoms with Crippen molar-refractivity contribution in [1.82, 2.24) is 19.2 Å². The van der Waals surface area contributed by atoms with E-state index in [9.17, 15) is 5.11 Å². The van der Waals surface area contributed by atoms with Gasteiger partial charge in [0.25, 0.3) is 0 Å². The monoisotopic (exact) mass is 560 g/mol. The van der Waals surface area contributed by atoms with Crippen molar-refractivity contribution in [1.29, 1.82) is 0 Å². The SMILES string of the molecule is CC(C)(C)C[N+]1(c2ccccc2Nc2nc(-c3ccccc3)ns2)CC2(CCNCC2)c2c(Cl)ccc(O)c21. The Morgan fingerprint density at radius 1 is 1.03 bits per heavy atom. The molecule has 2 aliphatic rings. The molecule has 6 rings (SSSR count). The van der Waals surface area contributed by atoms with Crippen LogP contribution < -0.4 is 15.1 Å². The van der Waals surface area contributed by atoms with E-state index in [4.69, 9.17) is 16.6 Å². The normalized spacial score (nSPS) is 20.2. The molecule has 0 amide bonds. The summed E-state index contributed by atoms with van der Waals surface area (Å²) < 4.78 is 5.14. The summed E-state index contributed by atoms with van der Waals surface area (Å²) in [4.78, 5) is 4.81. The molecule has 1 fully saturated rings. The number of aromatic nitrogens is 2. The Hall–Kier alpha value is -2.97. The van der Waals surface area contributed by atoms with E-state index in [1.807, 2.05) is 42.5 Å². The Bertz CT molecular complexity index is 1490. The highest BCUT2D eigenvalue weighted by atomic mass is 35.5. The minimum Gasteiger partial charge on any atom is -0.503 e. The Balaban J connectivity index is 1.51. The molecule has 0 aliphatic carbocycles. The Morgan fingerprint density at radius 2 is 1.74 bits per heavy atom. The van der Waals surface area contributed by atoms with Gasteiger partial charge in [-0.2, -0.15) is 9.36 Å². The highest BCUT2D eigenvalue weighted by Gasteiger charge is 2.58. The first-order chi connectivity index (χ1) is 18.7. The van der Waals surface area contributed by atoms with Crippen molar-refractivity contribution in [3.05, 3.63) is 77.3 Å². The first kappa shape index (κ1) is 26.3. The lowest BCUT2D eigenvalue weighted by atomic mass is 9.74. The van der Waals surface area contributed by atoms with Crippen LogP contribution in [-0.4, -0.2) is 40.6 Å². The van der Waals surface area contributed by atoms with E-state index in [-0.39, 0.29) is 10.8 Å². The first-order valence-electron chi connectivity index (χ1n) is 13.6. The van der Waals surface area contributed by atoms with Gasteiger partial charge in [-0.3, -0.25) is 4.48 Å². The number of nitrogens with zero attached hydrogens (tertiary/aromatic N) is 3. The molecule has 202 valence electrons. The molecule has 6 nitrogen and oxygen atoms in total. The lowest BCUT2D eigenvalue weighted by Crippen LogP contribution is -2.53. The number of aromatic hydroxyl groups is 1. The van der Waals surface area contributed by atoms with Gasteiger partial charge in [-0.15, -0.1) is 0 Å². The Kier molecular flexibility index (Phi) is 6.66. The molecular formula is C31H35ClN5OS+. The Labute approximate surface area is 239 Å². The summed E-state index contributed by atoms with van der Waals surface area (Å²) in [5.74, 6) is 1.02. The molecule has 0 bridgehead atoms. The number of quaternary nitrogens is 1. The van der Waals surface area contributed by atoms with Gasteiger partial charge in [0.05, 0.1) is 23.5 Å². The number of para-hydroxylation sites is 2. The summed E-state index contributed by atoms with van der Waals surface area (Å²) >= 11 is 8.36. The standard InChI is InChI=1S/C31H34ClN5OS/c1-30(2,3)19-37(20-31(15-17-33-18-16-31)26-22(32)13-14-25(38)27(26)37)24-12-8-7-11-23(24)34-29-35-28(36-39-29)21-9-5-4-6-10-21/h4-14,33H,15-20H2,1-3H3,(H-,34,35,36,38)/p+1. The van der Waals surface area contributed by atoms with E-state index in [2.05, 4.69) is 54.0 Å². The van der Waals surface area contributed by atoms with Gasteiger partial charge in [0.1, 0.15) is 5.69 Å². The maximum Gasteiger partial charge on any atom is 0.207 e. The van der Waals surface area contributed by atoms with E-state index in [1.54, 1.807) is 6.07 Å². The van der Waals surface area contributed by atoms with Gasteiger partial charge in [0.15, 0.2) is 22.9 Å². The highest BCUT2D eigenvalue weighted by molar-refractivity contribution is 7.10. The van der Waals surface area contributed by atoms with Crippen molar-refractivity contribution in [3.8, 4) is 17.1 Å². The summed E-state index contributed by atoms with van der Waals surface area (Å²) in [6.07, 6.45) is 1.97. The van der Waals surface area contributed by atoms with E-state index in [0.717, 1.165) is 77.4 Å². The quantitative estimate of drug-likeness (QED) is 0.219. The summed E-state index contributed by atoms with van der Waals surface area (Å²) in [5, 5.41) is 20.2. The second-order valence-corrected chi connectivity index (χ2v) is 13.3. The van der Waals surface area contributed by atoms with Gasteiger partial charge in [-0.1, -0.05) is 74.8 Å². The molecule has 0 radical (unpaired) electrons. The van der Waals surface area contributed by atoms with Crippen LogP contribution in [-0.2, 0) is 5.41 Å². The van der Waals surface area contributed by atoms with Crippen LogP contribution in [0.15, 0.2) is 66.7 Å². The number of hydrogen-bond donors (Lipinski definition) is 3. The third-order valence-electron chi connectivity index (χ3n) is 8.01. The predicted molar refractivity (Wildman–Crippen MR) is 163 cm³/mol. The van der Waals surface area contributed by atoms with Crippen molar-refractivity contribution in [2.24, 2.45) is 5.41 Å². The van der Waals surface area contributed by atoms with Crippen molar-refractivity contribution >= 4 is 45.3 Å². The van der Waals surface area contributed by atoms with Crippen LogP contribution >= 0.6 is 23.1 Å². The number of benzene rings is 3. The molecule has 1 saturated heterocycles. The second-order valence-electron chi connectivity index (χ2n) is 12.1. The number of halogens is 1. The zero-order valence-electron chi connectivity index (χ0n) is 22.7. The van der Waals surface area contributed by atoms with Crippen LogP contribution in [0.1, 0.15) is 39.2 Å². The lowest BCUT2D eigenvalue weighted by molar-refractivity contribution is 0.212. The van der Waals surface area contributed by atoms with Crippen molar-refractivity contribution in [2.75, 3.05) is 31.5 Å². The minimum absolute atomic E-state index is 0.0270. The largest absolute Gasteiger partial charge is 0.503 e. The number of phenols is 1. The van der Waals surface area contributed by atoms with Gasteiger partial charge in [0.2, 0.25) is 5.13 Å². The molecule has 0 saturated carbocycles. The van der Waals surface area contributed by atoms with Gasteiger partial charge < -0.3 is 15.7 Å². The molecule has 3 heterocycles. The number of hydrogen-bond acceptors (Lipinski definition) is 6. The van der Waals surface area contributed by atoms with Crippen molar-refractivity contribution in [2.45, 2.75) is 39.0 Å². The van der Waals surface area contributed by atoms with Crippen molar-refractivity contribution < 1.29 is 5.11 Å². The average Bonchev–Trinajstić information content (AvgIpc) is 3.48. The molecule has 8 heteroatoms. The molecule has 1 atom stereocenters. The fourth-order valence-electron chi connectivity index (χ4n) is 6.76. The second kappa shape index (κ2) is 9.89. The van der Waals surface area contributed by atoms with Crippen molar-refractivity contribution in [3.63, 3.8) is 0 Å². The molecule has 39 heavy (non-hydrogen) atoms. The van der Waals surface area contributed by atoms with E-state index in [1.165, 1.54) is 11.5 Å². The molecular weight excluding hydrogens is 526 g/mol. The average molecular weight is 561 g/mol. The number of rotatable bonds is 5. The summed E-state index contributed by atoms with van der Waals surface area (Å²) in [6.45, 7) is 10.4. The number of piperidine rings is 1. The van der Waals surface area contributed by atoms with Crippen LogP contribution in [0.3, 0.4) is 0 Å². The highest BCUT2D eigenvalue weighted by Crippen LogP contribution is 2.61. The number of nitrogens with one attached hydrogen (secondary N) is 2. The maximum atomic E-state index is 11.5. The topological polar surface area (TPSA) is 70.1 Å². The minimum atomic E-state index is -0.113. The van der Waals surface area contributed by atoms with Gasteiger partial charge in [-0.25, -0.2) is 0 Å². The van der Waals surface area contributed by atoms with Gasteiger partial charge in [0, 0.05) is 34.1 Å². The molecule has 1 spiro atoms. The zero-order valence-corrected chi connectivity index (χ0v) is 24.2. The van der Waals surface area contributed by atoms with Crippen LogP contribution in [0.4, 0.5) is 22.2 Å². The fraction of sp³-hybridized carbons (Fsp3) is 0.355. The van der Waals surface area contributed by atoms with Crippen LogP contribution in [0.2, 0.25) is 5.02 Å². The van der Waals surface area contributed by atoms with Crippen LogP contribution in [0.5, 0.6) is 5.75 Å². The fourth-order valence-corrected chi connectivity index (χ4v) is 7.72. The third kappa shape index (κ3) is 4.72. The molecule has 2 aliphatic heterocycles. The molecule has 1 aromatic heterocycles. The lowest BCUT2D eigenvalue weighted by Gasteiger charge is -2.42. The van der Waals surface area contributed by atoms with Crippen LogP contribution in [0.25, 0.3) is 11.4 Å². The molecule has 3 N–H and O–H groups in total. The zero-order chi connectivity index (χ0) is 27.3. The van der Waals surface area contributed by atoms with Gasteiger partial charge >= 0.3 is 0 Å². The van der Waals surface area contributed by atoms with E-state index in [0.29, 0.717) is 16.1 Å². The number of fused-ring (bicyclic) bond motifs is 2. The Morgan fingerprint density at radius 3 is 2.49 bits per heavy atom. The van der Waals surface area contributed by atoms with Crippen LogP contribution in [0, 0.1) is 5.41 Å². The first-order valence-corrected chi connectivity index (χ1v) is 14.7. The summed E-state index contributed by atoms with van der Waals surface area (Å²) in [5.41, 5.74) is 4.99. The maximum absolute atomic E-state index is 11.5. The molecule has 3 aromatic carbocycles. The van der Waals surface area contributed by atoms with E-state index >= 15 is 0 Å². The summed E-state index contributed by atoms with van der Waals surface area (Å²) in [6, 6.07) is 22.1. The van der Waals surface area contributed by atoms with E-state index < -0.39 is 0 Å². The number of phenolic OH excluding ortho intramolecular Hbond substituents is 1. The van der Waals surface area contributed by atoms with Gasteiger partial charge in [-0.05, 0) is 44.1 Å². The molecule has 4 aromatic rings. The number of anilines is 2. The molecule has 1 unspecified atom stereocenters. The third-order valence-corrected chi connectivity index (χ3v) is 8.95. The smallest absolute Gasteiger partial charge is 0.207 e.